The summed E-state index contributed by atoms with van der Waals surface area (Å²) in [7, 11) is 0. The van der Waals surface area contributed by atoms with Crippen molar-refractivity contribution in [3.05, 3.63) is 65.2 Å². The highest BCUT2D eigenvalue weighted by atomic mass is 32.1. The molecule has 148 valence electrons. The highest BCUT2D eigenvalue weighted by molar-refractivity contribution is 7.80. The molecule has 0 saturated heterocycles. The van der Waals surface area contributed by atoms with Crippen LogP contribution in [0.2, 0.25) is 0 Å². The van der Waals surface area contributed by atoms with Crippen LogP contribution in [-0.2, 0) is 0 Å². The summed E-state index contributed by atoms with van der Waals surface area (Å²) in [5.74, 6) is 0.238. The first kappa shape index (κ1) is 21.4. The Balaban J connectivity index is 1.90. The zero-order valence-electron chi connectivity index (χ0n) is 16.2. The number of benzene rings is 2. The van der Waals surface area contributed by atoms with Crippen molar-refractivity contribution >= 4 is 29.1 Å². The Kier molecular flexibility index (Phi) is 7.95. The van der Waals surface area contributed by atoms with Gasteiger partial charge in [0.05, 0.1) is 12.2 Å². The van der Waals surface area contributed by atoms with Crippen LogP contribution in [0, 0.1) is 12.8 Å². The molecule has 28 heavy (non-hydrogen) atoms. The van der Waals surface area contributed by atoms with Crippen LogP contribution < -0.4 is 20.9 Å². The van der Waals surface area contributed by atoms with Gasteiger partial charge in [-0.05, 0) is 55.7 Å². The molecule has 2 amide bonds. The van der Waals surface area contributed by atoms with E-state index in [1.165, 1.54) is 0 Å². The molecule has 0 heterocycles. The second-order valence-electron chi connectivity index (χ2n) is 6.76. The molecule has 0 spiro atoms. The van der Waals surface area contributed by atoms with Crippen molar-refractivity contribution in [2.75, 3.05) is 6.61 Å². The molecule has 7 heteroatoms. The van der Waals surface area contributed by atoms with E-state index in [0.717, 1.165) is 12.0 Å². The summed E-state index contributed by atoms with van der Waals surface area (Å²) in [5.41, 5.74) is 6.84. The van der Waals surface area contributed by atoms with E-state index in [4.69, 9.17) is 17.0 Å². The number of rotatable bonds is 6. The van der Waals surface area contributed by atoms with Gasteiger partial charge in [-0.25, -0.2) is 0 Å². The number of hydrogen-bond donors (Lipinski definition) is 3. The molecule has 0 bridgehead atoms. The van der Waals surface area contributed by atoms with Crippen LogP contribution in [0.5, 0.6) is 5.75 Å². The van der Waals surface area contributed by atoms with Crippen LogP contribution in [0.1, 0.15) is 46.5 Å². The predicted molar refractivity (Wildman–Crippen MR) is 113 cm³/mol. The fourth-order valence-corrected chi connectivity index (χ4v) is 2.50. The number of para-hydroxylation sites is 1. The van der Waals surface area contributed by atoms with Gasteiger partial charge < -0.3 is 4.74 Å². The summed E-state index contributed by atoms with van der Waals surface area (Å²) < 4.78 is 5.72. The minimum absolute atomic E-state index is 0.0111. The second-order valence-corrected chi connectivity index (χ2v) is 7.17. The fraction of sp³-hybridized carbons (Fsp3) is 0.286. The van der Waals surface area contributed by atoms with Crippen LogP contribution >= 0.6 is 12.2 Å². The van der Waals surface area contributed by atoms with Gasteiger partial charge in [0.15, 0.2) is 5.11 Å². The van der Waals surface area contributed by atoms with E-state index in [1.54, 1.807) is 42.5 Å². The minimum Gasteiger partial charge on any atom is -0.493 e. The van der Waals surface area contributed by atoms with Gasteiger partial charge in [-0.3, -0.25) is 25.8 Å². The zero-order chi connectivity index (χ0) is 20.5. The largest absolute Gasteiger partial charge is 0.493 e. The number of thiocarbonyl (C=S) groups is 1. The lowest BCUT2D eigenvalue weighted by molar-refractivity contribution is 0.0933. The average molecular weight is 400 g/mol. The highest BCUT2D eigenvalue weighted by Gasteiger charge is 2.14. The molecule has 0 aliphatic rings. The second kappa shape index (κ2) is 10.4. The number of carbonyl (C=O) groups is 2. The predicted octanol–water partition coefficient (Wildman–Crippen LogP) is 3.37. The van der Waals surface area contributed by atoms with Gasteiger partial charge in [-0.2, -0.15) is 0 Å². The fourth-order valence-electron chi connectivity index (χ4n) is 2.36. The van der Waals surface area contributed by atoms with Crippen LogP contribution in [-0.4, -0.2) is 23.5 Å². The third kappa shape index (κ3) is 6.66. The molecule has 6 nitrogen and oxygen atoms in total. The molecular weight excluding hydrogens is 374 g/mol. The van der Waals surface area contributed by atoms with Gasteiger partial charge in [0, 0.05) is 5.56 Å². The highest BCUT2D eigenvalue weighted by Crippen LogP contribution is 2.18. The van der Waals surface area contributed by atoms with Gasteiger partial charge >= 0.3 is 0 Å². The first-order chi connectivity index (χ1) is 13.4. The van der Waals surface area contributed by atoms with Gasteiger partial charge in [-0.1, -0.05) is 43.7 Å². The van der Waals surface area contributed by atoms with Crippen molar-refractivity contribution in [2.45, 2.75) is 27.2 Å². The number of carbonyl (C=O) groups excluding carboxylic acids is 2. The molecule has 0 unspecified atom stereocenters. The lowest BCUT2D eigenvalue weighted by Crippen LogP contribution is -2.48. The van der Waals surface area contributed by atoms with Gasteiger partial charge in [-0.15, -0.1) is 0 Å². The van der Waals surface area contributed by atoms with E-state index in [-0.39, 0.29) is 11.0 Å². The summed E-state index contributed by atoms with van der Waals surface area (Å²) >= 11 is 5.09. The summed E-state index contributed by atoms with van der Waals surface area (Å²) in [4.78, 5) is 24.6. The van der Waals surface area contributed by atoms with Crippen LogP contribution in [0.25, 0.3) is 0 Å². The first-order valence-electron chi connectivity index (χ1n) is 9.07. The molecule has 0 saturated carbocycles. The smallest absolute Gasteiger partial charge is 0.269 e. The maximum absolute atomic E-state index is 12.5. The van der Waals surface area contributed by atoms with Crippen molar-refractivity contribution in [2.24, 2.45) is 5.92 Å². The van der Waals surface area contributed by atoms with Crippen LogP contribution in [0.15, 0.2) is 48.5 Å². The topological polar surface area (TPSA) is 79.5 Å². The molecule has 3 N–H and O–H groups in total. The maximum Gasteiger partial charge on any atom is 0.269 e. The summed E-state index contributed by atoms with van der Waals surface area (Å²) in [6.07, 6.45) is 0.890. The normalized spacial score (nSPS) is 10.3. The van der Waals surface area contributed by atoms with E-state index in [2.05, 4.69) is 30.0 Å². The van der Waals surface area contributed by atoms with Crippen LogP contribution in [0.3, 0.4) is 0 Å². The van der Waals surface area contributed by atoms with Gasteiger partial charge in [0.2, 0.25) is 0 Å². The Hall–Kier alpha value is -2.93. The lowest BCUT2D eigenvalue weighted by Gasteiger charge is -2.14. The Labute approximate surface area is 170 Å². The molecule has 0 aliphatic heterocycles. The van der Waals surface area contributed by atoms with Crippen molar-refractivity contribution in [1.29, 1.82) is 0 Å². The minimum atomic E-state index is -0.414. The number of hydrazine groups is 1. The lowest BCUT2D eigenvalue weighted by atomic mass is 10.1. The monoisotopic (exact) mass is 399 g/mol. The van der Waals surface area contributed by atoms with Crippen molar-refractivity contribution in [3.8, 4) is 5.75 Å². The molecular formula is C21H25N3O3S. The number of amides is 2. The quantitative estimate of drug-likeness (QED) is 0.513. The van der Waals surface area contributed by atoms with Crippen molar-refractivity contribution in [1.82, 2.24) is 16.2 Å². The van der Waals surface area contributed by atoms with E-state index in [9.17, 15) is 9.59 Å². The number of aryl methyl sites for hydroxylation is 1. The molecule has 2 aromatic carbocycles. The summed E-state index contributed by atoms with van der Waals surface area (Å²) in [6, 6.07) is 14.1. The number of nitrogens with one attached hydrogen (secondary N) is 3. The molecule has 0 radical (unpaired) electrons. The van der Waals surface area contributed by atoms with Crippen molar-refractivity contribution in [3.63, 3.8) is 0 Å². The number of hydrogen-bond acceptors (Lipinski definition) is 4. The van der Waals surface area contributed by atoms with Crippen LogP contribution in [0.4, 0.5) is 0 Å². The SMILES string of the molecule is Cc1cccc(C(=O)NNC(=S)NC(=O)c2ccccc2OCCC(C)C)c1. The van der Waals surface area contributed by atoms with Crippen molar-refractivity contribution < 1.29 is 14.3 Å². The maximum atomic E-state index is 12.5. The van der Waals surface area contributed by atoms with E-state index in [1.807, 2.05) is 13.0 Å². The molecule has 0 aromatic heterocycles. The van der Waals surface area contributed by atoms with Gasteiger partial charge in [0.25, 0.3) is 11.8 Å². The van der Waals surface area contributed by atoms with E-state index >= 15 is 0 Å². The molecule has 2 rings (SSSR count). The van der Waals surface area contributed by atoms with E-state index in [0.29, 0.717) is 29.4 Å². The number of ether oxygens (including phenoxy) is 1. The molecule has 0 atom stereocenters. The third-order valence-electron chi connectivity index (χ3n) is 3.88. The first-order valence-corrected chi connectivity index (χ1v) is 9.48. The Morgan fingerprint density at radius 3 is 2.50 bits per heavy atom. The molecule has 0 aliphatic carbocycles. The molecule has 0 fully saturated rings. The standard InChI is InChI=1S/C21H25N3O3S/c1-14(2)11-12-27-18-10-5-4-9-17(18)20(26)22-21(28)24-23-19(25)16-8-6-7-15(3)13-16/h4-10,13-14H,11-12H2,1-3H3,(H,23,25)(H2,22,24,26,28). The summed E-state index contributed by atoms with van der Waals surface area (Å²) in [5, 5.41) is 2.53. The Morgan fingerprint density at radius 1 is 1.04 bits per heavy atom. The van der Waals surface area contributed by atoms with E-state index < -0.39 is 5.91 Å². The zero-order valence-corrected chi connectivity index (χ0v) is 17.1. The average Bonchev–Trinajstić information content (AvgIpc) is 2.66. The summed E-state index contributed by atoms with van der Waals surface area (Å²) in [6.45, 7) is 6.64. The Morgan fingerprint density at radius 2 is 1.79 bits per heavy atom. The Bertz CT molecular complexity index is 852. The van der Waals surface area contributed by atoms with Gasteiger partial charge in [0.1, 0.15) is 5.75 Å². The third-order valence-corrected chi connectivity index (χ3v) is 4.09. The molecule has 2 aromatic rings.